The Morgan fingerprint density at radius 3 is 2.89 bits per heavy atom. The van der Waals surface area contributed by atoms with Gasteiger partial charge < -0.3 is 5.11 Å². The van der Waals surface area contributed by atoms with Crippen LogP contribution in [0.2, 0.25) is 0 Å². The molecule has 1 atom stereocenters. The Balaban J connectivity index is 1.94. The highest BCUT2D eigenvalue weighted by Crippen LogP contribution is 2.36. The van der Waals surface area contributed by atoms with Gasteiger partial charge in [0.1, 0.15) is 6.10 Å². The van der Waals surface area contributed by atoms with Crippen LogP contribution < -0.4 is 0 Å². The number of aliphatic hydroxyl groups is 1. The summed E-state index contributed by atoms with van der Waals surface area (Å²) in [5.41, 5.74) is 2.27. The van der Waals surface area contributed by atoms with Gasteiger partial charge in [0.2, 0.25) is 0 Å². The molecule has 2 heterocycles. The molecule has 1 unspecified atom stereocenters. The van der Waals surface area contributed by atoms with E-state index in [4.69, 9.17) is 0 Å². The average molecular weight is 341 g/mol. The zero-order valence-corrected chi connectivity index (χ0v) is 13.3. The van der Waals surface area contributed by atoms with E-state index in [1.807, 2.05) is 7.05 Å². The second-order valence-corrected chi connectivity index (χ2v) is 7.08. The largest absolute Gasteiger partial charge is 0.381 e. The number of thiophene rings is 1. The number of halogens is 1. The number of hydrogen-bond donors (Lipinski definition) is 1. The Bertz CT molecular complexity index is 547. The van der Waals surface area contributed by atoms with Crippen LogP contribution in [0.5, 0.6) is 0 Å². The van der Waals surface area contributed by atoms with Crippen LogP contribution in [0.3, 0.4) is 0 Å². The summed E-state index contributed by atoms with van der Waals surface area (Å²) in [7, 11) is 1.86. The lowest BCUT2D eigenvalue weighted by atomic mass is 10.1. The summed E-state index contributed by atoms with van der Waals surface area (Å²) >= 11 is 5.22. The van der Waals surface area contributed by atoms with Crippen LogP contribution in [-0.2, 0) is 19.9 Å². The summed E-state index contributed by atoms with van der Waals surface area (Å²) in [4.78, 5) is 2.50. The average Bonchev–Trinajstić information content (AvgIpc) is 2.86. The zero-order chi connectivity index (χ0) is 13.4. The molecule has 0 amide bonds. The van der Waals surface area contributed by atoms with Gasteiger partial charge in [0.15, 0.2) is 0 Å². The summed E-state index contributed by atoms with van der Waals surface area (Å²) in [5, 5.41) is 14.8. The minimum absolute atomic E-state index is 0.584. The van der Waals surface area contributed by atoms with Crippen LogP contribution in [0.15, 0.2) is 16.7 Å². The van der Waals surface area contributed by atoms with Gasteiger partial charge in [-0.15, -0.1) is 11.3 Å². The normalized spacial score (nSPS) is 17.0. The summed E-state index contributed by atoms with van der Waals surface area (Å²) in [5.74, 6) is 0. The molecule has 0 fully saturated rings. The molecule has 1 aliphatic rings. The molecule has 5 heteroatoms. The lowest BCUT2D eigenvalue weighted by Gasteiger charge is -2.10. The SMILES string of the molecule is Cn1ncc(Br)c1C(O)c1cc2c(s1)CCCCC2. The molecule has 0 spiro atoms. The molecular weight excluding hydrogens is 324 g/mol. The molecule has 0 radical (unpaired) electrons. The van der Waals surface area contributed by atoms with Crippen molar-refractivity contribution in [1.29, 1.82) is 0 Å². The van der Waals surface area contributed by atoms with Crippen LogP contribution >= 0.6 is 27.3 Å². The van der Waals surface area contributed by atoms with E-state index in [9.17, 15) is 5.11 Å². The van der Waals surface area contributed by atoms with Gasteiger partial charge in [-0.1, -0.05) is 6.42 Å². The molecule has 102 valence electrons. The van der Waals surface area contributed by atoms with Crippen LogP contribution in [0, 0.1) is 0 Å². The van der Waals surface area contributed by atoms with Gasteiger partial charge >= 0.3 is 0 Å². The van der Waals surface area contributed by atoms with Crippen LogP contribution in [0.25, 0.3) is 0 Å². The monoisotopic (exact) mass is 340 g/mol. The van der Waals surface area contributed by atoms with Crippen molar-refractivity contribution in [2.75, 3.05) is 0 Å². The maximum Gasteiger partial charge on any atom is 0.131 e. The molecule has 0 aromatic carbocycles. The lowest BCUT2D eigenvalue weighted by Crippen LogP contribution is -2.05. The highest BCUT2D eigenvalue weighted by Gasteiger charge is 2.22. The maximum atomic E-state index is 10.6. The van der Waals surface area contributed by atoms with Crippen molar-refractivity contribution >= 4 is 27.3 Å². The molecule has 0 aliphatic heterocycles. The Morgan fingerprint density at radius 1 is 1.37 bits per heavy atom. The Kier molecular flexibility index (Phi) is 3.78. The molecule has 3 nitrogen and oxygen atoms in total. The van der Waals surface area contributed by atoms with E-state index in [1.54, 1.807) is 22.2 Å². The van der Waals surface area contributed by atoms with Crippen LogP contribution in [-0.4, -0.2) is 14.9 Å². The van der Waals surface area contributed by atoms with E-state index in [-0.39, 0.29) is 0 Å². The molecule has 1 aliphatic carbocycles. The fraction of sp³-hybridized carbons (Fsp3) is 0.500. The van der Waals surface area contributed by atoms with Crippen LogP contribution in [0.4, 0.5) is 0 Å². The first-order chi connectivity index (χ1) is 9.16. The van der Waals surface area contributed by atoms with E-state index in [2.05, 4.69) is 27.1 Å². The summed E-state index contributed by atoms with van der Waals surface area (Å²) in [6, 6.07) is 2.19. The molecule has 2 aromatic heterocycles. The van der Waals surface area contributed by atoms with E-state index in [0.29, 0.717) is 0 Å². The lowest BCUT2D eigenvalue weighted by molar-refractivity contribution is 0.212. The second kappa shape index (κ2) is 5.38. The van der Waals surface area contributed by atoms with Crippen molar-refractivity contribution in [2.45, 2.75) is 38.2 Å². The second-order valence-electron chi connectivity index (χ2n) is 5.06. The molecule has 0 saturated carbocycles. The van der Waals surface area contributed by atoms with E-state index < -0.39 is 6.10 Å². The Hall–Kier alpha value is -0.650. The fourth-order valence-electron chi connectivity index (χ4n) is 2.69. The number of aliphatic hydroxyl groups excluding tert-OH is 1. The fourth-order valence-corrected chi connectivity index (χ4v) is 4.50. The smallest absolute Gasteiger partial charge is 0.131 e. The Morgan fingerprint density at radius 2 is 2.16 bits per heavy atom. The number of fused-ring (bicyclic) bond motifs is 1. The van der Waals surface area contributed by atoms with Crippen LogP contribution in [0.1, 0.15) is 46.4 Å². The third kappa shape index (κ3) is 2.51. The predicted molar refractivity (Wildman–Crippen MR) is 80.5 cm³/mol. The number of aromatic nitrogens is 2. The summed E-state index contributed by atoms with van der Waals surface area (Å²) in [6.45, 7) is 0. The predicted octanol–water partition coefficient (Wildman–Crippen LogP) is 3.59. The van der Waals surface area contributed by atoms with Gasteiger partial charge in [0, 0.05) is 16.8 Å². The summed E-state index contributed by atoms with van der Waals surface area (Å²) < 4.78 is 2.60. The van der Waals surface area contributed by atoms with Gasteiger partial charge in [0.05, 0.1) is 16.4 Å². The molecular formula is C14H17BrN2OS. The molecule has 1 N–H and O–H groups in total. The topological polar surface area (TPSA) is 38.0 Å². The number of nitrogens with zero attached hydrogens (tertiary/aromatic N) is 2. The van der Waals surface area contributed by atoms with Gasteiger partial charge in [-0.3, -0.25) is 4.68 Å². The third-order valence-corrected chi connectivity index (χ3v) is 5.63. The van der Waals surface area contributed by atoms with Gasteiger partial charge in [-0.25, -0.2) is 0 Å². The first-order valence-electron chi connectivity index (χ1n) is 6.63. The van der Waals surface area contributed by atoms with E-state index in [0.717, 1.165) is 21.5 Å². The minimum atomic E-state index is -0.584. The molecule has 19 heavy (non-hydrogen) atoms. The van der Waals surface area contributed by atoms with Crippen molar-refractivity contribution in [2.24, 2.45) is 7.05 Å². The summed E-state index contributed by atoms with van der Waals surface area (Å²) in [6.07, 6.45) is 7.35. The van der Waals surface area contributed by atoms with Crippen molar-refractivity contribution in [3.63, 3.8) is 0 Å². The van der Waals surface area contributed by atoms with Crippen molar-refractivity contribution in [3.8, 4) is 0 Å². The highest BCUT2D eigenvalue weighted by atomic mass is 79.9. The standard InChI is InChI=1S/C14H17BrN2OS/c1-17-13(10(15)8-16-17)14(18)12-7-9-5-3-2-4-6-11(9)19-12/h7-8,14,18H,2-6H2,1H3. The molecule has 2 aromatic rings. The zero-order valence-electron chi connectivity index (χ0n) is 10.9. The maximum absolute atomic E-state index is 10.6. The number of hydrogen-bond acceptors (Lipinski definition) is 3. The minimum Gasteiger partial charge on any atom is -0.381 e. The van der Waals surface area contributed by atoms with Crippen molar-refractivity contribution in [1.82, 2.24) is 9.78 Å². The number of rotatable bonds is 2. The quantitative estimate of drug-likeness (QED) is 0.848. The van der Waals surface area contributed by atoms with Crippen molar-refractivity contribution in [3.05, 3.63) is 37.7 Å². The molecule has 0 bridgehead atoms. The molecule has 0 saturated heterocycles. The van der Waals surface area contributed by atoms with Gasteiger partial charge in [-0.05, 0) is 53.2 Å². The highest BCUT2D eigenvalue weighted by molar-refractivity contribution is 9.10. The van der Waals surface area contributed by atoms with E-state index in [1.165, 1.54) is 36.1 Å². The number of aryl methyl sites for hydroxylation is 3. The first kappa shape index (κ1) is 13.3. The van der Waals surface area contributed by atoms with Gasteiger partial charge in [0.25, 0.3) is 0 Å². The van der Waals surface area contributed by atoms with Gasteiger partial charge in [-0.2, -0.15) is 5.10 Å². The molecule has 3 rings (SSSR count). The third-order valence-electron chi connectivity index (χ3n) is 3.73. The van der Waals surface area contributed by atoms with E-state index >= 15 is 0 Å². The van der Waals surface area contributed by atoms with Crippen molar-refractivity contribution < 1.29 is 5.11 Å². The first-order valence-corrected chi connectivity index (χ1v) is 8.24. The Labute approximate surface area is 125 Å².